The van der Waals surface area contributed by atoms with E-state index < -0.39 is 0 Å². The Balaban J connectivity index is 1.94. The molecule has 2 fully saturated rings. The molecule has 1 nitrogen and oxygen atoms in total. The quantitative estimate of drug-likeness (QED) is 0.707. The summed E-state index contributed by atoms with van der Waals surface area (Å²) in [6.45, 7) is 3.38. The standard InChI is InChI=1S/C14H18ClN/c1-10-2-5-14(12(6-10)8-15)16-9-11-3-4-13(16)7-11/h2,5-6,11,13H,3-4,7-9H2,1H3. The van der Waals surface area contributed by atoms with Gasteiger partial charge in [0.1, 0.15) is 0 Å². The molecular formula is C14H18ClN. The number of alkyl halides is 1. The van der Waals surface area contributed by atoms with E-state index in [1.54, 1.807) is 0 Å². The molecule has 2 atom stereocenters. The summed E-state index contributed by atoms with van der Waals surface area (Å²) in [6.07, 6.45) is 4.21. The van der Waals surface area contributed by atoms with Crippen LogP contribution in [0.4, 0.5) is 5.69 Å². The summed E-state index contributed by atoms with van der Waals surface area (Å²) in [6, 6.07) is 7.48. The lowest BCUT2D eigenvalue weighted by molar-refractivity contribution is 0.553. The van der Waals surface area contributed by atoms with Crippen molar-refractivity contribution in [1.29, 1.82) is 0 Å². The zero-order chi connectivity index (χ0) is 11.1. The maximum atomic E-state index is 6.06. The van der Waals surface area contributed by atoms with Crippen LogP contribution in [-0.4, -0.2) is 12.6 Å². The second-order valence-corrected chi connectivity index (χ2v) is 5.52. The minimum absolute atomic E-state index is 0.630. The smallest absolute Gasteiger partial charge is 0.0494 e. The molecule has 0 N–H and O–H groups in total. The van der Waals surface area contributed by atoms with Gasteiger partial charge in [-0.1, -0.05) is 17.7 Å². The predicted molar refractivity (Wildman–Crippen MR) is 69.2 cm³/mol. The Morgan fingerprint density at radius 2 is 2.25 bits per heavy atom. The van der Waals surface area contributed by atoms with Crippen LogP contribution in [0.25, 0.3) is 0 Å². The number of rotatable bonds is 2. The Kier molecular flexibility index (Phi) is 2.59. The number of piperidine rings is 1. The van der Waals surface area contributed by atoms with Crippen molar-refractivity contribution >= 4 is 17.3 Å². The molecule has 1 saturated heterocycles. The highest BCUT2D eigenvalue weighted by molar-refractivity contribution is 6.17. The molecule has 1 heterocycles. The molecule has 1 saturated carbocycles. The van der Waals surface area contributed by atoms with Gasteiger partial charge < -0.3 is 4.90 Å². The number of halogens is 1. The Labute approximate surface area is 102 Å². The molecule has 2 aliphatic rings. The Bertz CT molecular complexity index is 402. The average Bonchev–Trinajstić information content (AvgIpc) is 2.90. The van der Waals surface area contributed by atoms with Gasteiger partial charge >= 0.3 is 0 Å². The van der Waals surface area contributed by atoms with Crippen LogP contribution in [0, 0.1) is 12.8 Å². The zero-order valence-corrected chi connectivity index (χ0v) is 10.5. The average molecular weight is 236 g/mol. The highest BCUT2D eigenvalue weighted by Crippen LogP contribution is 2.41. The van der Waals surface area contributed by atoms with E-state index in [9.17, 15) is 0 Å². The van der Waals surface area contributed by atoms with E-state index in [1.807, 2.05) is 0 Å². The molecule has 1 aromatic carbocycles. The van der Waals surface area contributed by atoms with Crippen LogP contribution in [0.1, 0.15) is 30.4 Å². The predicted octanol–water partition coefficient (Wildman–Crippen LogP) is 3.72. The molecule has 0 radical (unpaired) electrons. The molecule has 2 bridgehead atoms. The van der Waals surface area contributed by atoms with Gasteiger partial charge in [0.2, 0.25) is 0 Å². The number of hydrogen-bond acceptors (Lipinski definition) is 1. The molecule has 1 aliphatic carbocycles. The van der Waals surface area contributed by atoms with Gasteiger partial charge in [0, 0.05) is 24.2 Å². The van der Waals surface area contributed by atoms with Crippen molar-refractivity contribution in [2.24, 2.45) is 5.92 Å². The van der Waals surface area contributed by atoms with E-state index in [-0.39, 0.29) is 0 Å². The van der Waals surface area contributed by atoms with Gasteiger partial charge in [0.15, 0.2) is 0 Å². The van der Waals surface area contributed by atoms with Gasteiger partial charge in [-0.05, 0) is 43.7 Å². The van der Waals surface area contributed by atoms with Crippen LogP contribution >= 0.6 is 11.6 Å². The van der Waals surface area contributed by atoms with Crippen molar-refractivity contribution < 1.29 is 0 Å². The first kappa shape index (κ1) is 10.5. The van der Waals surface area contributed by atoms with Crippen LogP contribution in [-0.2, 0) is 5.88 Å². The SMILES string of the molecule is Cc1ccc(N2CC3CCC2C3)c(CCl)c1. The van der Waals surface area contributed by atoms with E-state index in [1.165, 1.54) is 42.6 Å². The Morgan fingerprint density at radius 3 is 2.88 bits per heavy atom. The highest BCUT2D eigenvalue weighted by atomic mass is 35.5. The lowest BCUT2D eigenvalue weighted by atomic mass is 10.1. The number of fused-ring (bicyclic) bond motifs is 2. The summed E-state index contributed by atoms with van der Waals surface area (Å²) in [5, 5.41) is 0. The fourth-order valence-electron chi connectivity index (χ4n) is 3.32. The third kappa shape index (κ3) is 1.62. The van der Waals surface area contributed by atoms with Crippen molar-refractivity contribution in [2.45, 2.75) is 38.1 Å². The van der Waals surface area contributed by atoms with E-state index in [4.69, 9.17) is 11.6 Å². The second-order valence-electron chi connectivity index (χ2n) is 5.25. The van der Waals surface area contributed by atoms with E-state index in [0.29, 0.717) is 5.88 Å². The van der Waals surface area contributed by atoms with Crippen LogP contribution < -0.4 is 4.90 Å². The molecule has 16 heavy (non-hydrogen) atoms. The van der Waals surface area contributed by atoms with Crippen LogP contribution in [0.15, 0.2) is 18.2 Å². The van der Waals surface area contributed by atoms with Gasteiger partial charge in [-0.3, -0.25) is 0 Å². The molecule has 0 spiro atoms. The first-order chi connectivity index (χ1) is 7.78. The van der Waals surface area contributed by atoms with Crippen LogP contribution in [0.5, 0.6) is 0 Å². The summed E-state index contributed by atoms with van der Waals surface area (Å²) >= 11 is 6.06. The van der Waals surface area contributed by atoms with Crippen molar-refractivity contribution in [3.8, 4) is 0 Å². The number of hydrogen-bond donors (Lipinski definition) is 0. The number of aryl methyl sites for hydroxylation is 1. The summed E-state index contributed by atoms with van der Waals surface area (Å²) in [5.41, 5.74) is 3.99. The maximum Gasteiger partial charge on any atom is 0.0494 e. The molecule has 1 aromatic rings. The van der Waals surface area contributed by atoms with Gasteiger partial charge in [-0.15, -0.1) is 11.6 Å². The van der Waals surface area contributed by atoms with Crippen molar-refractivity contribution in [3.05, 3.63) is 29.3 Å². The minimum atomic E-state index is 0.630. The third-order valence-corrected chi connectivity index (χ3v) is 4.39. The minimum Gasteiger partial charge on any atom is -0.368 e. The van der Waals surface area contributed by atoms with Crippen molar-refractivity contribution in [2.75, 3.05) is 11.4 Å². The molecule has 2 heteroatoms. The largest absolute Gasteiger partial charge is 0.368 e. The molecular weight excluding hydrogens is 218 g/mol. The molecule has 0 aromatic heterocycles. The molecule has 2 unspecified atom stereocenters. The molecule has 0 amide bonds. The maximum absolute atomic E-state index is 6.06. The first-order valence-corrected chi connectivity index (χ1v) is 6.73. The fraction of sp³-hybridized carbons (Fsp3) is 0.571. The van der Waals surface area contributed by atoms with Crippen LogP contribution in [0.2, 0.25) is 0 Å². The zero-order valence-electron chi connectivity index (χ0n) is 9.75. The first-order valence-electron chi connectivity index (χ1n) is 6.20. The van der Waals surface area contributed by atoms with Gasteiger partial charge in [-0.2, -0.15) is 0 Å². The topological polar surface area (TPSA) is 3.24 Å². The second kappa shape index (κ2) is 3.96. The Hall–Kier alpha value is -0.690. The highest BCUT2D eigenvalue weighted by Gasteiger charge is 2.38. The normalized spacial score (nSPS) is 27.8. The molecule has 86 valence electrons. The van der Waals surface area contributed by atoms with E-state index in [2.05, 4.69) is 30.0 Å². The number of benzene rings is 1. The Morgan fingerprint density at radius 1 is 1.38 bits per heavy atom. The lowest BCUT2D eigenvalue weighted by Gasteiger charge is -2.31. The summed E-state index contributed by atoms with van der Waals surface area (Å²) in [7, 11) is 0. The monoisotopic (exact) mass is 235 g/mol. The van der Waals surface area contributed by atoms with Gasteiger partial charge in [-0.25, -0.2) is 0 Å². The van der Waals surface area contributed by atoms with E-state index >= 15 is 0 Å². The van der Waals surface area contributed by atoms with Crippen molar-refractivity contribution in [3.63, 3.8) is 0 Å². The molecule has 3 rings (SSSR count). The summed E-state index contributed by atoms with van der Waals surface area (Å²) in [5.74, 6) is 1.57. The van der Waals surface area contributed by atoms with Crippen molar-refractivity contribution in [1.82, 2.24) is 0 Å². The molecule has 1 aliphatic heterocycles. The summed E-state index contributed by atoms with van der Waals surface area (Å²) in [4.78, 5) is 2.59. The fourth-order valence-corrected chi connectivity index (χ4v) is 3.54. The number of anilines is 1. The van der Waals surface area contributed by atoms with E-state index in [0.717, 1.165) is 12.0 Å². The summed E-state index contributed by atoms with van der Waals surface area (Å²) < 4.78 is 0. The number of nitrogens with zero attached hydrogens (tertiary/aromatic N) is 1. The van der Waals surface area contributed by atoms with Gasteiger partial charge in [0.05, 0.1) is 0 Å². The van der Waals surface area contributed by atoms with Crippen LogP contribution in [0.3, 0.4) is 0 Å². The van der Waals surface area contributed by atoms with Gasteiger partial charge in [0.25, 0.3) is 0 Å². The lowest BCUT2D eigenvalue weighted by Crippen LogP contribution is -2.32. The third-order valence-electron chi connectivity index (χ3n) is 4.10.